The van der Waals surface area contributed by atoms with E-state index in [9.17, 15) is 9.90 Å². The Bertz CT molecular complexity index is 451. The summed E-state index contributed by atoms with van der Waals surface area (Å²) < 4.78 is 10.7. The van der Waals surface area contributed by atoms with Crippen molar-refractivity contribution in [2.45, 2.75) is 5.92 Å². The Kier molecular flexibility index (Phi) is 3.44. The van der Waals surface area contributed by atoms with Crippen LogP contribution in [0.2, 0.25) is 0 Å². The summed E-state index contributed by atoms with van der Waals surface area (Å²) in [6, 6.07) is 3.71. The Hall–Kier alpha value is -1.81. The lowest BCUT2D eigenvalue weighted by molar-refractivity contribution is -0.104. The number of methoxy groups -OCH3 is 1. The van der Waals surface area contributed by atoms with Crippen molar-refractivity contribution in [3.05, 3.63) is 29.3 Å². The molecule has 1 aliphatic rings. The monoisotopic (exact) mass is 234 g/mol. The molecule has 90 valence electrons. The van der Waals surface area contributed by atoms with Gasteiger partial charge >= 0.3 is 0 Å². The molecule has 2 rings (SSSR count). The lowest BCUT2D eigenvalue weighted by Crippen LogP contribution is -2.04. The molecular formula is C13H14O4. The number of aliphatic hydroxyl groups excluding tert-OH is 1. The van der Waals surface area contributed by atoms with Crippen molar-refractivity contribution in [3.63, 3.8) is 0 Å². The van der Waals surface area contributed by atoms with E-state index in [2.05, 4.69) is 0 Å². The van der Waals surface area contributed by atoms with Gasteiger partial charge in [0.05, 0.1) is 20.3 Å². The van der Waals surface area contributed by atoms with Crippen molar-refractivity contribution in [1.82, 2.24) is 0 Å². The zero-order valence-corrected chi connectivity index (χ0v) is 9.55. The van der Waals surface area contributed by atoms with Gasteiger partial charge < -0.3 is 14.6 Å². The highest BCUT2D eigenvalue weighted by Gasteiger charge is 2.27. The molecule has 0 amide bonds. The van der Waals surface area contributed by atoms with Crippen LogP contribution in [-0.4, -0.2) is 31.7 Å². The summed E-state index contributed by atoms with van der Waals surface area (Å²) in [5.74, 6) is 1.29. The van der Waals surface area contributed by atoms with E-state index < -0.39 is 0 Å². The molecule has 0 aliphatic carbocycles. The second kappa shape index (κ2) is 5.01. The van der Waals surface area contributed by atoms with Gasteiger partial charge in [-0.2, -0.15) is 0 Å². The average molecular weight is 234 g/mol. The predicted octanol–water partition coefficient (Wildman–Crippen LogP) is 1.38. The van der Waals surface area contributed by atoms with Crippen LogP contribution >= 0.6 is 0 Å². The van der Waals surface area contributed by atoms with Crippen LogP contribution in [0.25, 0.3) is 6.08 Å². The van der Waals surface area contributed by atoms with Crippen LogP contribution in [-0.2, 0) is 4.79 Å². The van der Waals surface area contributed by atoms with Crippen LogP contribution in [0.4, 0.5) is 0 Å². The summed E-state index contributed by atoms with van der Waals surface area (Å²) in [5.41, 5.74) is 1.79. The van der Waals surface area contributed by atoms with Gasteiger partial charge in [-0.25, -0.2) is 0 Å². The normalized spacial score (nSPS) is 17.9. The van der Waals surface area contributed by atoms with Gasteiger partial charge in [0.2, 0.25) is 0 Å². The van der Waals surface area contributed by atoms with Crippen molar-refractivity contribution in [2.24, 2.45) is 0 Å². The maximum absolute atomic E-state index is 10.3. The fourth-order valence-corrected chi connectivity index (χ4v) is 1.93. The van der Waals surface area contributed by atoms with Crippen LogP contribution < -0.4 is 9.47 Å². The summed E-state index contributed by atoms with van der Waals surface area (Å²) in [6.07, 6.45) is 3.84. The highest BCUT2D eigenvalue weighted by molar-refractivity contribution is 5.75. The zero-order valence-electron chi connectivity index (χ0n) is 9.55. The minimum absolute atomic E-state index is 0.0246. The molecule has 0 radical (unpaired) electrons. The molecule has 0 aromatic heterocycles. The number of hydrogen-bond donors (Lipinski definition) is 1. The smallest absolute Gasteiger partial charge is 0.164 e. The maximum Gasteiger partial charge on any atom is 0.164 e. The summed E-state index contributed by atoms with van der Waals surface area (Å²) in [6.45, 7) is 0.500. The molecule has 4 heteroatoms. The van der Waals surface area contributed by atoms with Crippen LogP contribution in [0.1, 0.15) is 17.0 Å². The Labute approximate surface area is 99.5 Å². The molecule has 0 fully saturated rings. The Morgan fingerprint density at radius 1 is 1.59 bits per heavy atom. The maximum atomic E-state index is 10.3. The third-order valence-electron chi connectivity index (χ3n) is 2.78. The number of benzene rings is 1. The SMILES string of the molecule is COc1cc(C=CC=O)cc2c1OCC2CO. The molecule has 1 heterocycles. The van der Waals surface area contributed by atoms with Crippen LogP contribution in [0, 0.1) is 0 Å². The van der Waals surface area contributed by atoms with E-state index in [-0.39, 0.29) is 12.5 Å². The van der Waals surface area contributed by atoms with Gasteiger partial charge in [-0.1, -0.05) is 6.08 Å². The number of carbonyl (C=O) groups is 1. The van der Waals surface area contributed by atoms with Crippen LogP contribution in [0.15, 0.2) is 18.2 Å². The average Bonchev–Trinajstić information content (AvgIpc) is 2.78. The summed E-state index contributed by atoms with van der Waals surface area (Å²) in [4.78, 5) is 10.3. The van der Waals surface area contributed by atoms with E-state index in [1.807, 2.05) is 6.07 Å². The van der Waals surface area contributed by atoms with E-state index in [4.69, 9.17) is 9.47 Å². The van der Waals surface area contributed by atoms with Gasteiger partial charge in [0.1, 0.15) is 6.29 Å². The molecule has 17 heavy (non-hydrogen) atoms. The number of ether oxygens (including phenoxy) is 2. The first-order valence-electron chi connectivity index (χ1n) is 5.37. The lowest BCUT2D eigenvalue weighted by atomic mass is 9.99. The number of fused-ring (bicyclic) bond motifs is 1. The number of rotatable bonds is 4. The molecule has 1 atom stereocenters. The van der Waals surface area contributed by atoms with Gasteiger partial charge in [-0.15, -0.1) is 0 Å². The third kappa shape index (κ3) is 2.17. The van der Waals surface area contributed by atoms with Gasteiger partial charge in [0.25, 0.3) is 0 Å². The molecule has 0 saturated carbocycles. The Morgan fingerprint density at radius 2 is 2.41 bits per heavy atom. The van der Waals surface area contributed by atoms with Crippen molar-refractivity contribution in [3.8, 4) is 11.5 Å². The van der Waals surface area contributed by atoms with Gasteiger partial charge in [-0.05, 0) is 23.8 Å². The number of hydrogen-bond acceptors (Lipinski definition) is 4. The highest BCUT2D eigenvalue weighted by Crippen LogP contribution is 2.42. The number of aliphatic hydroxyl groups is 1. The molecule has 4 nitrogen and oxygen atoms in total. The van der Waals surface area contributed by atoms with E-state index in [0.29, 0.717) is 18.1 Å². The Balaban J connectivity index is 2.46. The van der Waals surface area contributed by atoms with Crippen molar-refractivity contribution < 1.29 is 19.4 Å². The third-order valence-corrected chi connectivity index (χ3v) is 2.78. The van der Waals surface area contributed by atoms with E-state index in [0.717, 1.165) is 17.4 Å². The number of carbonyl (C=O) groups excluding carboxylic acids is 1. The molecule has 0 bridgehead atoms. The summed E-state index contributed by atoms with van der Waals surface area (Å²) in [5, 5.41) is 9.25. The number of allylic oxidation sites excluding steroid dienone is 1. The van der Waals surface area contributed by atoms with Crippen molar-refractivity contribution in [2.75, 3.05) is 20.3 Å². The molecule has 1 aliphatic heterocycles. The Morgan fingerprint density at radius 3 is 3.06 bits per heavy atom. The van der Waals surface area contributed by atoms with Gasteiger partial charge in [-0.3, -0.25) is 4.79 Å². The van der Waals surface area contributed by atoms with Gasteiger partial charge in [0.15, 0.2) is 11.5 Å². The molecule has 1 aromatic rings. The van der Waals surface area contributed by atoms with E-state index in [1.165, 1.54) is 6.08 Å². The minimum Gasteiger partial charge on any atom is -0.493 e. The first-order chi connectivity index (χ1) is 8.30. The largest absolute Gasteiger partial charge is 0.493 e. The minimum atomic E-state index is -0.0246. The standard InChI is InChI=1S/C13H14O4/c1-16-12-6-9(3-2-4-14)5-11-10(7-15)8-17-13(11)12/h2-6,10,15H,7-8H2,1H3. The lowest BCUT2D eigenvalue weighted by Gasteiger charge is -2.09. The van der Waals surface area contributed by atoms with Crippen molar-refractivity contribution >= 4 is 12.4 Å². The summed E-state index contributed by atoms with van der Waals surface area (Å²) in [7, 11) is 1.57. The summed E-state index contributed by atoms with van der Waals surface area (Å²) >= 11 is 0. The van der Waals surface area contributed by atoms with Crippen LogP contribution in [0.3, 0.4) is 0 Å². The van der Waals surface area contributed by atoms with Crippen molar-refractivity contribution in [1.29, 1.82) is 0 Å². The van der Waals surface area contributed by atoms with E-state index >= 15 is 0 Å². The molecule has 1 aromatic carbocycles. The van der Waals surface area contributed by atoms with Crippen LogP contribution in [0.5, 0.6) is 11.5 Å². The molecule has 0 saturated heterocycles. The second-order valence-electron chi connectivity index (χ2n) is 3.83. The molecular weight excluding hydrogens is 220 g/mol. The topological polar surface area (TPSA) is 55.8 Å². The fraction of sp³-hybridized carbons (Fsp3) is 0.308. The molecule has 0 spiro atoms. The highest BCUT2D eigenvalue weighted by atomic mass is 16.5. The number of aldehydes is 1. The first kappa shape index (κ1) is 11.7. The second-order valence-corrected chi connectivity index (χ2v) is 3.83. The van der Waals surface area contributed by atoms with E-state index in [1.54, 1.807) is 19.3 Å². The molecule has 1 N–H and O–H groups in total. The molecule has 1 unspecified atom stereocenters. The zero-order chi connectivity index (χ0) is 12.3. The first-order valence-corrected chi connectivity index (χ1v) is 5.37. The predicted molar refractivity (Wildman–Crippen MR) is 63.4 cm³/mol. The van der Waals surface area contributed by atoms with Gasteiger partial charge in [0, 0.05) is 11.5 Å². The fourth-order valence-electron chi connectivity index (χ4n) is 1.93. The quantitative estimate of drug-likeness (QED) is 0.631.